The lowest BCUT2D eigenvalue weighted by Crippen LogP contribution is -2.51. The number of nitrogens with zero attached hydrogens (tertiary/aromatic N) is 2. The molecule has 4 rings (SSSR count). The maximum Gasteiger partial charge on any atom is 0.328 e. The largest absolute Gasteiger partial charge is 0.328 e. The first-order valence-corrected chi connectivity index (χ1v) is 9.32. The number of hydrogen-bond acceptors (Lipinski definition) is 2. The number of amides is 3. The van der Waals surface area contributed by atoms with Gasteiger partial charge in [-0.15, -0.1) is 0 Å². The van der Waals surface area contributed by atoms with Crippen LogP contribution >= 0.6 is 11.6 Å². The molecule has 5 heteroatoms. The van der Waals surface area contributed by atoms with Crippen molar-refractivity contribution in [2.45, 2.75) is 25.8 Å². The number of urea groups is 1. The Hall–Kier alpha value is -2.33. The van der Waals surface area contributed by atoms with Crippen molar-refractivity contribution < 1.29 is 9.59 Å². The highest BCUT2D eigenvalue weighted by Crippen LogP contribution is 2.47. The standard InChI is InChI=1S/C21H21ClN2O2/c1-14(2)13-23-19(25)21(16-7-9-17(22)10-8-16)18-6-4-3-5-15(18)11-12-24(21)20(23)26/h3-10,14H,11-13H2,1-2H3/t21-/m1/s1. The summed E-state index contributed by atoms with van der Waals surface area (Å²) in [6.45, 7) is 4.98. The lowest BCUT2D eigenvalue weighted by atomic mass is 9.76. The Morgan fingerprint density at radius 1 is 1.08 bits per heavy atom. The molecule has 2 aromatic carbocycles. The van der Waals surface area contributed by atoms with Gasteiger partial charge in [0.25, 0.3) is 5.91 Å². The van der Waals surface area contributed by atoms with Crippen LogP contribution in [0.25, 0.3) is 0 Å². The van der Waals surface area contributed by atoms with Crippen LogP contribution in [0.2, 0.25) is 5.02 Å². The average Bonchev–Trinajstić information content (AvgIpc) is 2.84. The van der Waals surface area contributed by atoms with Crippen molar-refractivity contribution in [1.82, 2.24) is 9.80 Å². The predicted molar refractivity (Wildman–Crippen MR) is 101 cm³/mol. The fourth-order valence-corrected chi connectivity index (χ4v) is 4.31. The first kappa shape index (κ1) is 17.1. The zero-order valence-corrected chi connectivity index (χ0v) is 15.7. The normalized spacial score (nSPS) is 22.0. The van der Waals surface area contributed by atoms with Crippen LogP contribution in [0.4, 0.5) is 4.79 Å². The average molecular weight is 369 g/mol. The van der Waals surface area contributed by atoms with Crippen LogP contribution in [-0.2, 0) is 16.8 Å². The van der Waals surface area contributed by atoms with Gasteiger partial charge in [0.1, 0.15) is 0 Å². The van der Waals surface area contributed by atoms with E-state index < -0.39 is 5.54 Å². The van der Waals surface area contributed by atoms with Crippen molar-refractivity contribution in [2.75, 3.05) is 13.1 Å². The van der Waals surface area contributed by atoms with Gasteiger partial charge in [-0.2, -0.15) is 0 Å². The molecule has 0 saturated carbocycles. The topological polar surface area (TPSA) is 40.6 Å². The van der Waals surface area contributed by atoms with Crippen LogP contribution < -0.4 is 0 Å². The number of benzene rings is 2. The molecule has 2 aromatic rings. The molecule has 2 aliphatic heterocycles. The van der Waals surface area contributed by atoms with E-state index in [-0.39, 0.29) is 17.9 Å². The van der Waals surface area contributed by atoms with E-state index in [9.17, 15) is 9.59 Å². The van der Waals surface area contributed by atoms with Crippen molar-refractivity contribution in [2.24, 2.45) is 5.92 Å². The third-order valence-electron chi connectivity index (χ3n) is 5.24. The van der Waals surface area contributed by atoms with Crippen molar-refractivity contribution >= 4 is 23.5 Å². The molecule has 1 fully saturated rings. The summed E-state index contributed by atoms with van der Waals surface area (Å²) >= 11 is 6.08. The Balaban J connectivity index is 1.98. The van der Waals surface area contributed by atoms with Gasteiger partial charge in [0, 0.05) is 18.1 Å². The molecule has 0 aromatic heterocycles. The molecule has 2 aliphatic rings. The van der Waals surface area contributed by atoms with E-state index in [1.165, 1.54) is 4.90 Å². The van der Waals surface area contributed by atoms with E-state index in [0.717, 1.165) is 23.1 Å². The second-order valence-corrected chi connectivity index (χ2v) is 7.80. The van der Waals surface area contributed by atoms with Gasteiger partial charge >= 0.3 is 6.03 Å². The van der Waals surface area contributed by atoms with Gasteiger partial charge in [-0.25, -0.2) is 4.79 Å². The molecule has 4 nitrogen and oxygen atoms in total. The summed E-state index contributed by atoms with van der Waals surface area (Å²) in [5.41, 5.74) is 1.72. The van der Waals surface area contributed by atoms with Crippen LogP contribution in [0.3, 0.4) is 0 Å². The molecule has 0 N–H and O–H groups in total. The molecule has 26 heavy (non-hydrogen) atoms. The third-order valence-corrected chi connectivity index (χ3v) is 5.49. The minimum atomic E-state index is -1.09. The van der Waals surface area contributed by atoms with Gasteiger partial charge in [0.05, 0.1) is 0 Å². The molecular formula is C21H21ClN2O2. The summed E-state index contributed by atoms with van der Waals surface area (Å²) in [6, 6.07) is 15.0. The Morgan fingerprint density at radius 3 is 2.46 bits per heavy atom. The Kier molecular flexibility index (Phi) is 4.03. The minimum Gasteiger partial charge on any atom is -0.301 e. The molecule has 0 bridgehead atoms. The molecule has 0 unspecified atom stereocenters. The molecule has 1 atom stereocenters. The maximum absolute atomic E-state index is 13.7. The number of carbonyl (C=O) groups is 2. The van der Waals surface area contributed by atoms with Gasteiger partial charge < -0.3 is 4.90 Å². The van der Waals surface area contributed by atoms with E-state index in [1.54, 1.807) is 17.0 Å². The predicted octanol–water partition coefficient (Wildman–Crippen LogP) is 4.06. The van der Waals surface area contributed by atoms with Gasteiger partial charge in [-0.05, 0) is 41.2 Å². The van der Waals surface area contributed by atoms with Crippen LogP contribution in [-0.4, -0.2) is 34.8 Å². The number of hydrogen-bond donors (Lipinski definition) is 0. The number of imide groups is 1. The smallest absolute Gasteiger partial charge is 0.301 e. The van der Waals surface area contributed by atoms with E-state index in [2.05, 4.69) is 0 Å². The molecule has 134 valence electrons. The first-order chi connectivity index (χ1) is 12.5. The van der Waals surface area contributed by atoms with E-state index >= 15 is 0 Å². The highest BCUT2D eigenvalue weighted by molar-refractivity contribution is 6.30. The summed E-state index contributed by atoms with van der Waals surface area (Å²) in [5, 5.41) is 0.608. The summed E-state index contributed by atoms with van der Waals surface area (Å²) in [7, 11) is 0. The zero-order chi connectivity index (χ0) is 18.5. The Labute approximate surface area is 158 Å². The minimum absolute atomic E-state index is 0.161. The molecule has 0 aliphatic carbocycles. The van der Waals surface area contributed by atoms with Crippen molar-refractivity contribution in [1.29, 1.82) is 0 Å². The van der Waals surface area contributed by atoms with Gasteiger partial charge in [-0.1, -0.05) is 61.8 Å². The van der Waals surface area contributed by atoms with Crippen LogP contribution in [0, 0.1) is 5.92 Å². The second-order valence-electron chi connectivity index (χ2n) is 7.37. The van der Waals surface area contributed by atoms with Crippen molar-refractivity contribution in [3.63, 3.8) is 0 Å². The fourth-order valence-electron chi connectivity index (χ4n) is 4.19. The van der Waals surface area contributed by atoms with E-state index in [4.69, 9.17) is 11.6 Å². The Morgan fingerprint density at radius 2 is 1.77 bits per heavy atom. The lowest BCUT2D eigenvalue weighted by Gasteiger charge is -2.41. The zero-order valence-electron chi connectivity index (χ0n) is 14.9. The second kappa shape index (κ2) is 6.13. The molecular weight excluding hydrogens is 348 g/mol. The highest BCUT2D eigenvalue weighted by atomic mass is 35.5. The number of halogens is 1. The summed E-state index contributed by atoms with van der Waals surface area (Å²) in [4.78, 5) is 30.0. The molecule has 2 heterocycles. The van der Waals surface area contributed by atoms with Gasteiger partial charge in [0.15, 0.2) is 5.54 Å². The van der Waals surface area contributed by atoms with Crippen LogP contribution in [0.5, 0.6) is 0 Å². The molecule has 0 radical (unpaired) electrons. The van der Waals surface area contributed by atoms with Gasteiger partial charge in [-0.3, -0.25) is 9.69 Å². The summed E-state index contributed by atoms with van der Waals surface area (Å²) in [5.74, 6) is 0.0486. The molecule has 1 saturated heterocycles. The third kappa shape index (κ3) is 2.28. The van der Waals surface area contributed by atoms with E-state index in [1.807, 2.05) is 50.2 Å². The number of fused-ring (bicyclic) bond motifs is 3. The summed E-state index contributed by atoms with van der Waals surface area (Å²) < 4.78 is 0. The van der Waals surface area contributed by atoms with Crippen molar-refractivity contribution in [3.05, 3.63) is 70.2 Å². The van der Waals surface area contributed by atoms with Gasteiger partial charge in [0.2, 0.25) is 0 Å². The SMILES string of the molecule is CC(C)CN1C(=O)N2CCc3ccccc3[C@]2(c2ccc(Cl)cc2)C1=O. The summed E-state index contributed by atoms with van der Waals surface area (Å²) in [6.07, 6.45) is 0.750. The van der Waals surface area contributed by atoms with E-state index in [0.29, 0.717) is 18.1 Å². The highest BCUT2D eigenvalue weighted by Gasteiger charge is 2.61. The monoisotopic (exact) mass is 368 g/mol. The number of rotatable bonds is 3. The van der Waals surface area contributed by atoms with Crippen molar-refractivity contribution in [3.8, 4) is 0 Å². The Bertz CT molecular complexity index is 878. The number of carbonyl (C=O) groups excluding carboxylic acids is 2. The molecule has 3 amide bonds. The van der Waals surface area contributed by atoms with Crippen LogP contribution in [0.15, 0.2) is 48.5 Å². The lowest BCUT2D eigenvalue weighted by molar-refractivity contribution is -0.132. The quantitative estimate of drug-likeness (QED) is 0.766. The maximum atomic E-state index is 13.7. The fraction of sp³-hybridized carbons (Fsp3) is 0.333. The van der Waals surface area contributed by atoms with Crippen LogP contribution in [0.1, 0.15) is 30.5 Å². The first-order valence-electron chi connectivity index (χ1n) is 8.94. The molecule has 0 spiro atoms.